The smallest absolute Gasteiger partial charge is 0.125 e. The van der Waals surface area contributed by atoms with Gasteiger partial charge in [0.15, 0.2) is 0 Å². The highest BCUT2D eigenvalue weighted by atomic mass is 16.5. The van der Waals surface area contributed by atoms with Crippen molar-refractivity contribution in [1.29, 1.82) is 0 Å². The highest BCUT2D eigenvalue weighted by Gasteiger charge is 2.20. The van der Waals surface area contributed by atoms with Gasteiger partial charge in [0.2, 0.25) is 0 Å². The molecule has 0 saturated heterocycles. The summed E-state index contributed by atoms with van der Waals surface area (Å²) in [6.45, 7) is 2.81. The van der Waals surface area contributed by atoms with Gasteiger partial charge in [-0.2, -0.15) is 0 Å². The van der Waals surface area contributed by atoms with E-state index in [-0.39, 0.29) is 6.10 Å². The Morgan fingerprint density at radius 1 is 1.21 bits per heavy atom. The van der Waals surface area contributed by atoms with Crippen LogP contribution in [0, 0.1) is 5.92 Å². The van der Waals surface area contributed by atoms with Crippen LogP contribution in [0.5, 0.6) is 5.75 Å². The molecular weight excluding hydrogens is 236 g/mol. The monoisotopic (exact) mass is 262 g/mol. The number of hydrogen-bond donors (Lipinski definition) is 1. The summed E-state index contributed by atoms with van der Waals surface area (Å²) in [5, 5.41) is 10.5. The van der Waals surface area contributed by atoms with Gasteiger partial charge in [0.05, 0.1) is 12.7 Å². The second kappa shape index (κ2) is 7.54. The third-order valence-corrected chi connectivity index (χ3v) is 4.02. The summed E-state index contributed by atoms with van der Waals surface area (Å²) in [7, 11) is 0. The summed E-state index contributed by atoms with van der Waals surface area (Å²) >= 11 is 0. The van der Waals surface area contributed by atoms with Crippen molar-refractivity contribution in [2.45, 2.75) is 58.0 Å². The molecule has 0 heterocycles. The molecule has 1 aromatic carbocycles. The summed E-state index contributed by atoms with van der Waals surface area (Å²) < 4.78 is 5.74. The standard InChI is InChI=1S/C17H26O2/c1-2-12-19-17-11-7-6-10-15(17)16(18)13-14-8-4-3-5-9-14/h6-7,10-11,14,16,18H,2-5,8-9,12-13H2,1H3. The van der Waals surface area contributed by atoms with Crippen molar-refractivity contribution in [3.05, 3.63) is 29.8 Å². The quantitative estimate of drug-likeness (QED) is 0.819. The Balaban J connectivity index is 1.98. The van der Waals surface area contributed by atoms with Gasteiger partial charge >= 0.3 is 0 Å². The molecule has 1 aromatic rings. The van der Waals surface area contributed by atoms with Crippen LogP contribution in [-0.4, -0.2) is 11.7 Å². The number of aliphatic hydroxyl groups is 1. The zero-order chi connectivity index (χ0) is 13.5. The fourth-order valence-electron chi connectivity index (χ4n) is 2.96. The third-order valence-electron chi connectivity index (χ3n) is 4.02. The molecule has 1 aliphatic carbocycles. The molecule has 0 amide bonds. The van der Waals surface area contributed by atoms with Crippen LogP contribution in [0.25, 0.3) is 0 Å². The molecule has 1 fully saturated rings. The average Bonchev–Trinajstić information content (AvgIpc) is 2.46. The average molecular weight is 262 g/mol. The van der Waals surface area contributed by atoms with E-state index in [1.807, 2.05) is 24.3 Å². The summed E-state index contributed by atoms with van der Waals surface area (Å²) in [6, 6.07) is 7.92. The lowest BCUT2D eigenvalue weighted by Crippen LogP contribution is -2.12. The lowest BCUT2D eigenvalue weighted by molar-refractivity contribution is 0.127. The molecule has 0 bridgehead atoms. The molecule has 0 radical (unpaired) electrons. The van der Waals surface area contributed by atoms with Crippen LogP contribution >= 0.6 is 0 Å². The van der Waals surface area contributed by atoms with E-state index in [1.165, 1.54) is 32.1 Å². The highest BCUT2D eigenvalue weighted by Crippen LogP contribution is 2.34. The van der Waals surface area contributed by atoms with Crippen molar-refractivity contribution in [3.63, 3.8) is 0 Å². The lowest BCUT2D eigenvalue weighted by atomic mass is 9.84. The van der Waals surface area contributed by atoms with Gasteiger partial charge in [-0.15, -0.1) is 0 Å². The molecule has 1 saturated carbocycles. The number of hydrogen-bond acceptors (Lipinski definition) is 2. The second-order valence-corrected chi connectivity index (χ2v) is 5.64. The second-order valence-electron chi connectivity index (χ2n) is 5.64. The molecule has 0 aromatic heterocycles. The first-order valence-corrected chi connectivity index (χ1v) is 7.71. The molecule has 1 N–H and O–H groups in total. The third kappa shape index (κ3) is 4.24. The van der Waals surface area contributed by atoms with Gasteiger partial charge in [-0.05, 0) is 24.8 Å². The van der Waals surface area contributed by atoms with Crippen LogP contribution in [0.2, 0.25) is 0 Å². The van der Waals surface area contributed by atoms with Crippen LogP contribution in [0.4, 0.5) is 0 Å². The number of aliphatic hydroxyl groups excluding tert-OH is 1. The fraction of sp³-hybridized carbons (Fsp3) is 0.647. The van der Waals surface area contributed by atoms with E-state index in [0.29, 0.717) is 12.5 Å². The van der Waals surface area contributed by atoms with Gasteiger partial charge in [0.1, 0.15) is 5.75 Å². The number of rotatable bonds is 6. The van der Waals surface area contributed by atoms with E-state index in [4.69, 9.17) is 4.74 Å². The first-order chi connectivity index (χ1) is 9.31. The summed E-state index contributed by atoms with van der Waals surface area (Å²) in [5.74, 6) is 1.54. The van der Waals surface area contributed by atoms with E-state index in [0.717, 1.165) is 24.2 Å². The minimum atomic E-state index is -0.379. The maximum Gasteiger partial charge on any atom is 0.125 e. The van der Waals surface area contributed by atoms with Gasteiger partial charge in [0, 0.05) is 5.56 Å². The van der Waals surface area contributed by atoms with Crippen molar-refractivity contribution >= 4 is 0 Å². The molecule has 19 heavy (non-hydrogen) atoms. The minimum absolute atomic E-state index is 0.379. The normalized spacial score (nSPS) is 18.2. The SMILES string of the molecule is CCCOc1ccccc1C(O)CC1CCCCC1. The summed E-state index contributed by atoms with van der Waals surface area (Å²) in [4.78, 5) is 0. The van der Waals surface area contributed by atoms with Crippen LogP contribution < -0.4 is 4.74 Å². The van der Waals surface area contributed by atoms with Crippen LogP contribution in [0.3, 0.4) is 0 Å². The van der Waals surface area contributed by atoms with Crippen molar-refractivity contribution in [1.82, 2.24) is 0 Å². The fourth-order valence-corrected chi connectivity index (χ4v) is 2.96. The first kappa shape index (κ1) is 14.4. The summed E-state index contributed by atoms with van der Waals surface area (Å²) in [5.41, 5.74) is 0.960. The van der Waals surface area contributed by atoms with Gasteiger partial charge in [-0.1, -0.05) is 57.2 Å². The van der Waals surface area contributed by atoms with E-state index >= 15 is 0 Å². The van der Waals surface area contributed by atoms with Gasteiger partial charge in [0.25, 0.3) is 0 Å². The molecule has 2 nitrogen and oxygen atoms in total. The minimum Gasteiger partial charge on any atom is -0.493 e. The molecule has 1 unspecified atom stereocenters. The van der Waals surface area contributed by atoms with Crippen molar-refractivity contribution in [2.24, 2.45) is 5.92 Å². The lowest BCUT2D eigenvalue weighted by Gasteiger charge is -2.25. The van der Waals surface area contributed by atoms with E-state index in [1.54, 1.807) is 0 Å². The molecule has 0 aliphatic heterocycles. The Morgan fingerprint density at radius 3 is 2.68 bits per heavy atom. The predicted molar refractivity (Wildman–Crippen MR) is 78.4 cm³/mol. The number of benzene rings is 1. The maximum atomic E-state index is 10.5. The Labute approximate surface area is 116 Å². The van der Waals surface area contributed by atoms with E-state index < -0.39 is 0 Å². The van der Waals surface area contributed by atoms with Gasteiger partial charge in [-0.3, -0.25) is 0 Å². The largest absolute Gasteiger partial charge is 0.493 e. The zero-order valence-electron chi connectivity index (χ0n) is 12.0. The molecule has 0 spiro atoms. The Morgan fingerprint density at radius 2 is 1.95 bits per heavy atom. The Hall–Kier alpha value is -1.02. The zero-order valence-corrected chi connectivity index (χ0v) is 12.0. The molecule has 2 rings (SSSR count). The highest BCUT2D eigenvalue weighted by molar-refractivity contribution is 5.35. The molecule has 1 aliphatic rings. The first-order valence-electron chi connectivity index (χ1n) is 7.71. The molecule has 106 valence electrons. The van der Waals surface area contributed by atoms with Gasteiger partial charge in [-0.25, -0.2) is 0 Å². The Bertz CT molecular complexity index is 369. The number of ether oxygens (including phenoxy) is 1. The van der Waals surface area contributed by atoms with Crippen molar-refractivity contribution < 1.29 is 9.84 Å². The summed E-state index contributed by atoms with van der Waals surface area (Å²) in [6.07, 6.45) is 8.06. The maximum absolute atomic E-state index is 10.5. The van der Waals surface area contributed by atoms with E-state index in [2.05, 4.69) is 6.92 Å². The topological polar surface area (TPSA) is 29.5 Å². The van der Waals surface area contributed by atoms with Crippen LogP contribution in [0.15, 0.2) is 24.3 Å². The number of para-hydroxylation sites is 1. The van der Waals surface area contributed by atoms with Crippen molar-refractivity contribution in [3.8, 4) is 5.75 Å². The molecular formula is C17H26O2. The van der Waals surface area contributed by atoms with Crippen molar-refractivity contribution in [2.75, 3.05) is 6.61 Å². The van der Waals surface area contributed by atoms with Gasteiger partial charge < -0.3 is 9.84 Å². The molecule has 2 heteroatoms. The Kier molecular flexibility index (Phi) is 5.71. The van der Waals surface area contributed by atoms with Crippen LogP contribution in [-0.2, 0) is 0 Å². The molecule has 1 atom stereocenters. The van der Waals surface area contributed by atoms with E-state index in [9.17, 15) is 5.11 Å². The van der Waals surface area contributed by atoms with Crippen LogP contribution in [0.1, 0.15) is 63.5 Å². The predicted octanol–water partition coefficient (Wildman–Crippen LogP) is 4.48.